The van der Waals surface area contributed by atoms with Crippen molar-refractivity contribution in [3.8, 4) is 29.4 Å². The monoisotopic (exact) mass is 429 g/mol. The minimum absolute atomic E-state index is 0.0485. The van der Waals surface area contributed by atoms with E-state index >= 15 is 0 Å². The molecule has 0 N–H and O–H groups in total. The first-order valence-electron chi connectivity index (χ1n) is 8.59. The smallest absolute Gasteiger partial charge is 0.181 e. The van der Waals surface area contributed by atoms with Crippen molar-refractivity contribution in [2.75, 3.05) is 0 Å². The highest BCUT2D eigenvalue weighted by Gasteiger charge is 2.05. The number of aromatic nitrogens is 2. The third-order valence-electron chi connectivity index (χ3n) is 3.78. The van der Waals surface area contributed by atoms with E-state index in [4.69, 9.17) is 0 Å². The highest BCUT2D eigenvalue weighted by Crippen LogP contribution is 2.32. The van der Waals surface area contributed by atoms with E-state index in [9.17, 15) is 5.11 Å². The Morgan fingerprint density at radius 2 is 1.41 bits per heavy atom. The first-order valence-corrected chi connectivity index (χ1v) is 11.2. The number of nitrogens with zero attached hydrogens (tertiary/aromatic N) is 2. The van der Waals surface area contributed by atoms with Crippen molar-refractivity contribution >= 4 is 34.4 Å². The molecule has 1 radical (unpaired) electrons. The Balaban J connectivity index is 1.69. The molecule has 29 heavy (non-hydrogen) atoms. The van der Waals surface area contributed by atoms with Crippen molar-refractivity contribution in [3.05, 3.63) is 86.3 Å². The van der Waals surface area contributed by atoms with E-state index in [1.165, 1.54) is 22.7 Å². The molecule has 0 bridgehead atoms. The average molecular weight is 430 g/mol. The van der Waals surface area contributed by atoms with Gasteiger partial charge in [-0.05, 0) is 60.7 Å². The molecule has 0 aliphatic heterocycles. The van der Waals surface area contributed by atoms with Crippen LogP contribution >= 0.6 is 34.4 Å². The predicted molar refractivity (Wildman–Crippen MR) is 118 cm³/mol. The van der Waals surface area contributed by atoms with E-state index in [0.717, 1.165) is 36.5 Å². The molecule has 2 heterocycles. The van der Waals surface area contributed by atoms with Crippen LogP contribution in [0.3, 0.4) is 0 Å². The first kappa shape index (κ1) is 19.3. The van der Waals surface area contributed by atoms with Crippen LogP contribution in [0.2, 0.25) is 0 Å². The van der Waals surface area contributed by atoms with Crippen LogP contribution in [0.25, 0.3) is 0 Å². The lowest BCUT2D eigenvalue weighted by Crippen LogP contribution is -1.84. The Morgan fingerprint density at radius 1 is 0.793 bits per heavy atom. The molecule has 0 saturated carbocycles. The molecule has 0 atom stereocenters. The molecule has 139 valence electrons. The van der Waals surface area contributed by atoms with Gasteiger partial charge in [-0.1, -0.05) is 23.6 Å². The minimum atomic E-state index is 0.0485. The molecule has 2 aromatic carbocycles. The predicted octanol–water partition coefficient (Wildman–Crippen LogP) is 6.00. The lowest BCUT2D eigenvalue weighted by molar-refractivity contribution is 0.351. The average Bonchev–Trinajstić information content (AvgIpc) is 3.42. The van der Waals surface area contributed by atoms with Gasteiger partial charge in [0, 0.05) is 44.1 Å². The van der Waals surface area contributed by atoms with Gasteiger partial charge in [-0.25, -0.2) is 9.97 Å². The quantitative estimate of drug-likeness (QED) is 0.367. The van der Waals surface area contributed by atoms with Gasteiger partial charge in [-0.15, -0.1) is 22.7 Å². The number of benzene rings is 2. The second-order valence-electron chi connectivity index (χ2n) is 5.95. The third kappa shape index (κ3) is 5.28. The highest BCUT2D eigenvalue weighted by atomic mass is 32.2. The lowest BCUT2D eigenvalue weighted by atomic mass is 10.1. The van der Waals surface area contributed by atoms with Gasteiger partial charge < -0.3 is 0 Å². The number of hydrogen-bond donors (Lipinski definition) is 0. The second kappa shape index (κ2) is 8.98. The fourth-order valence-electron chi connectivity index (χ4n) is 2.45. The fraction of sp³-hybridized carbons (Fsp3) is 0.0435. The Labute approximate surface area is 181 Å². The molecule has 4 aromatic rings. The molecular weight excluding hydrogens is 416 g/mol. The summed E-state index contributed by atoms with van der Waals surface area (Å²) in [6.45, 7) is 1.83. The summed E-state index contributed by atoms with van der Waals surface area (Å²) in [6, 6.07) is 11.4. The highest BCUT2D eigenvalue weighted by molar-refractivity contribution is 7.99. The molecule has 0 aliphatic carbocycles. The van der Waals surface area contributed by atoms with Gasteiger partial charge >= 0.3 is 0 Å². The van der Waals surface area contributed by atoms with Gasteiger partial charge in [0.25, 0.3) is 0 Å². The topological polar surface area (TPSA) is 45.7 Å². The Kier molecular flexibility index (Phi) is 5.97. The largest absolute Gasteiger partial charge is 0.290 e. The summed E-state index contributed by atoms with van der Waals surface area (Å²) in [5.74, 6) is 12.6. The molecule has 0 saturated heterocycles. The van der Waals surface area contributed by atoms with Crippen LogP contribution in [-0.4, -0.2) is 9.97 Å². The van der Waals surface area contributed by atoms with E-state index in [1.54, 1.807) is 30.2 Å². The van der Waals surface area contributed by atoms with Crippen LogP contribution in [0.1, 0.15) is 26.7 Å². The van der Waals surface area contributed by atoms with Gasteiger partial charge in [0.1, 0.15) is 0 Å². The number of aryl methyl sites for hydroxylation is 1. The normalized spacial score (nSPS) is 9.97. The van der Waals surface area contributed by atoms with Gasteiger partial charge in [-0.2, -0.15) is 0 Å². The van der Waals surface area contributed by atoms with Crippen molar-refractivity contribution in [2.24, 2.45) is 0 Å². The Morgan fingerprint density at radius 3 is 1.93 bits per heavy atom. The second-order valence-corrected chi connectivity index (χ2v) is 8.89. The minimum Gasteiger partial charge on any atom is -0.290 e. The molecule has 3 nitrogen and oxygen atoms in total. The molecular formula is C23H13N2OS3. The van der Waals surface area contributed by atoms with E-state index in [-0.39, 0.29) is 5.75 Å². The van der Waals surface area contributed by atoms with Crippen molar-refractivity contribution in [2.45, 2.75) is 16.7 Å². The summed E-state index contributed by atoms with van der Waals surface area (Å²) < 4.78 is 0. The van der Waals surface area contributed by atoms with Crippen LogP contribution in [0.15, 0.2) is 69.3 Å². The van der Waals surface area contributed by atoms with Crippen molar-refractivity contribution in [3.63, 3.8) is 0 Å². The molecule has 4 rings (SSSR count). The molecule has 0 fully saturated rings. The van der Waals surface area contributed by atoms with Crippen molar-refractivity contribution < 1.29 is 5.11 Å². The third-order valence-corrected chi connectivity index (χ3v) is 6.12. The van der Waals surface area contributed by atoms with Crippen LogP contribution in [-0.2, 0) is 5.11 Å². The van der Waals surface area contributed by atoms with Gasteiger partial charge in [0.05, 0.1) is 0 Å². The lowest BCUT2D eigenvalue weighted by Gasteiger charge is -2.05. The summed E-state index contributed by atoms with van der Waals surface area (Å²) in [5, 5.41) is 17.0. The molecule has 0 spiro atoms. The maximum absolute atomic E-state index is 11.7. The van der Waals surface area contributed by atoms with Crippen molar-refractivity contribution in [1.29, 1.82) is 0 Å². The van der Waals surface area contributed by atoms with E-state index < -0.39 is 0 Å². The van der Waals surface area contributed by atoms with Crippen LogP contribution in [0, 0.1) is 30.6 Å². The zero-order valence-electron chi connectivity index (χ0n) is 15.3. The van der Waals surface area contributed by atoms with E-state index in [1.807, 2.05) is 48.0 Å². The fourth-order valence-corrected chi connectivity index (χ4v) is 4.43. The number of thiazole rings is 2. The van der Waals surface area contributed by atoms with Gasteiger partial charge in [-0.3, -0.25) is 5.11 Å². The molecule has 2 aromatic heterocycles. The summed E-state index contributed by atoms with van der Waals surface area (Å²) in [6.07, 6.45) is 3.49. The standard InChI is InChI=1S/C23H13N2OS3/c1-16-12-19(4-5-21(16)26)29-20-14-17(2-6-22-24-8-10-27-22)13-18(15-20)3-7-23-25-9-11-28-23/h4-5,8-15H,1H3. The zero-order valence-corrected chi connectivity index (χ0v) is 17.8. The van der Waals surface area contributed by atoms with E-state index in [2.05, 4.69) is 33.6 Å². The Bertz CT molecular complexity index is 1180. The zero-order chi connectivity index (χ0) is 20.1. The first-order chi connectivity index (χ1) is 14.2. The maximum Gasteiger partial charge on any atom is 0.181 e. The summed E-state index contributed by atoms with van der Waals surface area (Å²) in [7, 11) is 0. The van der Waals surface area contributed by atoms with E-state index in [0.29, 0.717) is 0 Å². The molecule has 0 aliphatic rings. The van der Waals surface area contributed by atoms with Crippen LogP contribution in [0.4, 0.5) is 0 Å². The SMILES string of the molecule is Cc1cc(Sc2cc(C#Cc3nccs3)cc(C#Cc3nccs3)c2)ccc1[O]. The van der Waals surface area contributed by atoms with Crippen LogP contribution in [0.5, 0.6) is 5.75 Å². The number of hydrogen-bond acceptors (Lipinski definition) is 5. The molecule has 0 unspecified atom stereocenters. The maximum atomic E-state index is 11.7. The van der Waals surface area contributed by atoms with Gasteiger partial charge in [0.15, 0.2) is 15.8 Å². The molecule has 0 amide bonds. The van der Waals surface area contributed by atoms with Crippen LogP contribution < -0.4 is 0 Å². The molecule has 6 heteroatoms. The van der Waals surface area contributed by atoms with Crippen molar-refractivity contribution in [1.82, 2.24) is 9.97 Å². The number of rotatable bonds is 2. The van der Waals surface area contributed by atoms with Gasteiger partial charge in [0.2, 0.25) is 0 Å². The summed E-state index contributed by atoms with van der Waals surface area (Å²) in [4.78, 5) is 10.4. The summed E-state index contributed by atoms with van der Waals surface area (Å²) >= 11 is 4.61. The Hall–Kier alpha value is -3.03. The summed E-state index contributed by atoms with van der Waals surface area (Å²) in [5.41, 5.74) is 2.47.